The van der Waals surface area contributed by atoms with E-state index >= 15 is 0 Å². The van der Waals surface area contributed by atoms with Crippen LogP contribution in [0, 0.1) is 11.8 Å². The highest BCUT2D eigenvalue weighted by atomic mass is 32.1. The van der Waals surface area contributed by atoms with Crippen LogP contribution in [-0.2, 0) is 6.54 Å². The van der Waals surface area contributed by atoms with Crippen molar-refractivity contribution in [1.82, 2.24) is 10.3 Å². The van der Waals surface area contributed by atoms with E-state index in [0.29, 0.717) is 0 Å². The first-order valence-electron chi connectivity index (χ1n) is 7.21. The summed E-state index contributed by atoms with van der Waals surface area (Å²) < 4.78 is 0. The molecule has 1 aromatic rings. The van der Waals surface area contributed by atoms with Gasteiger partial charge in [-0.1, -0.05) is 19.3 Å². The van der Waals surface area contributed by atoms with Gasteiger partial charge in [0.2, 0.25) is 0 Å². The second-order valence-corrected chi connectivity index (χ2v) is 6.53. The third-order valence-electron chi connectivity index (χ3n) is 4.46. The number of nitrogens with one attached hydrogen (secondary N) is 1. The number of anilines is 1. The Bertz CT molecular complexity index is 390. The highest BCUT2D eigenvalue weighted by molar-refractivity contribution is 7.13. The van der Waals surface area contributed by atoms with Crippen LogP contribution in [0.1, 0.15) is 37.8 Å². The second-order valence-electron chi connectivity index (χ2n) is 5.69. The molecule has 18 heavy (non-hydrogen) atoms. The lowest BCUT2D eigenvalue weighted by Gasteiger charge is -2.41. The first kappa shape index (κ1) is 12.4. The van der Waals surface area contributed by atoms with Gasteiger partial charge >= 0.3 is 0 Å². The van der Waals surface area contributed by atoms with Gasteiger partial charge in [-0.25, -0.2) is 4.98 Å². The molecule has 3 nitrogen and oxygen atoms in total. The zero-order valence-corrected chi connectivity index (χ0v) is 12.0. The van der Waals surface area contributed by atoms with Crippen LogP contribution < -0.4 is 10.2 Å². The summed E-state index contributed by atoms with van der Waals surface area (Å²) in [6, 6.07) is 0. The predicted octanol–water partition coefficient (Wildman–Crippen LogP) is 2.88. The Morgan fingerprint density at radius 1 is 1.33 bits per heavy atom. The summed E-state index contributed by atoms with van der Waals surface area (Å²) >= 11 is 1.81. The van der Waals surface area contributed by atoms with Gasteiger partial charge in [-0.2, -0.15) is 0 Å². The molecule has 2 heterocycles. The molecule has 1 aliphatic heterocycles. The lowest BCUT2D eigenvalue weighted by molar-refractivity contribution is 0.202. The third-order valence-corrected chi connectivity index (χ3v) is 5.41. The average Bonchev–Trinajstić information content (AvgIpc) is 2.87. The van der Waals surface area contributed by atoms with E-state index in [1.165, 1.54) is 56.0 Å². The van der Waals surface area contributed by atoms with Crippen molar-refractivity contribution in [3.63, 3.8) is 0 Å². The van der Waals surface area contributed by atoms with Crippen LogP contribution in [0.5, 0.6) is 0 Å². The topological polar surface area (TPSA) is 28.2 Å². The largest absolute Gasteiger partial charge is 0.348 e. The van der Waals surface area contributed by atoms with Crippen LogP contribution in [0.4, 0.5) is 5.13 Å². The molecule has 0 amide bonds. The quantitative estimate of drug-likeness (QED) is 0.911. The number of hydrogen-bond acceptors (Lipinski definition) is 4. The maximum atomic E-state index is 4.74. The maximum absolute atomic E-state index is 4.74. The Morgan fingerprint density at radius 3 is 3.00 bits per heavy atom. The van der Waals surface area contributed by atoms with Gasteiger partial charge in [0, 0.05) is 25.0 Å². The molecule has 4 heteroatoms. The molecule has 1 saturated carbocycles. The van der Waals surface area contributed by atoms with E-state index in [9.17, 15) is 0 Å². The van der Waals surface area contributed by atoms with Gasteiger partial charge in [-0.05, 0) is 31.7 Å². The first-order valence-corrected chi connectivity index (χ1v) is 8.08. The number of rotatable bonds is 3. The summed E-state index contributed by atoms with van der Waals surface area (Å²) in [6.45, 7) is 3.35. The Hall–Kier alpha value is -0.610. The van der Waals surface area contributed by atoms with E-state index in [2.05, 4.69) is 15.6 Å². The van der Waals surface area contributed by atoms with Gasteiger partial charge in [0.1, 0.15) is 0 Å². The van der Waals surface area contributed by atoms with E-state index in [1.54, 1.807) is 0 Å². The molecule has 2 unspecified atom stereocenters. The van der Waals surface area contributed by atoms with Crippen molar-refractivity contribution in [2.45, 2.75) is 38.6 Å². The van der Waals surface area contributed by atoms with Crippen LogP contribution in [-0.4, -0.2) is 25.1 Å². The normalized spacial score (nSPS) is 28.2. The van der Waals surface area contributed by atoms with E-state index in [0.717, 1.165) is 18.4 Å². The van der Waals surface area contributed by atoms with Crippen LogP contribution in [0.15, 0.2) is 5.38 Å². The van der Waals surface area contributed by atoms with Crippen molar-refractivity contribution in [1.29, 1.82) is 0 Å². The van der Waals surface area contributed by atoms with Gasteiger partial charge in [0.25, 0.3) is 0 Å². The molecule has 0 aromatic carbocycles. The lowest BCUT2D eigenvalue weighted by atomic mass is 9.75. The summed E-state index contributed by atoms with van der Waals surface area (Å²) in [5.74, 6) is 1.94. The highest BCUT2D eigenvalue weighted by Crippen LogP contribution is 2.38. The van der Waals surface area contributed by atoms with Crippen molar-refractivity contribution in [2.24, 2.45) is 11.8 Å². The molecule has 0 spiro atoms. The summed E-state index contributed by atoms with van der Waals surface area (Å²) in [5, 5.41) is 6.60. The fourth-order valence-electron chi connectivity index (χ4n) is 3.48. The minimum atomic E-state index is 0.885. The monoisotopic (exact) mass is 265 g/mol. The molecule has 3 rings (SSSR count). The zero-order chi connectivity index (χ0) is 12.4. The van der Waals surface area contributed by atoms with Crippen molar-refractivity contribution in [3.8, 4) is 0 Å². The Morgan fingerprint density at radius 2 is 2.17 bits per heavy atom. The maximum Gasteiger partial charge on any atom is 0.185 e. The summed E-state index contributed by atoms with van der Waals surface area (Å²) in [7, 11) is 1.98. The molecule has 1 aliphatic carbocycles. The highest BCUT2D eigenvalue weighted by Gasteiger charge is 2.31. The summed E-state index contributed by atoms with van der Waals surface area (Å²) in [5.41, 5.74) is 1.18. The van der Waals surface area contributed by atoms with Crippen molar-refractivity contribution in [3.05, 3.63) is 11.1 Å². The number of hydrogen-bond donors (Lipinski definition) is 1. The lowest BCUT2D eigenvalue weighted by Crippen LogP contribution is -2.41. The molecule has 0 radical (unpaired) electrons. The van der Waals surface area contributed by atoms with E-state index in [4.69, 9.17) is 4.98 Å². The van der Waals surface area contributed by atoms with Crippen molar-refractivity contribution < 1.29 is 0 Å². The van der Waals surface area contributed by atoms with Crippen LogP contribution in [0.25, 0.3) is 0 Å². The van der Waals surface area contributed by atoms with Crippen LogP contribution in [0.2, 0.25) is 0 Å². The standard InChI is InChI=1S/C14H23N3S/c1-15-8-13-10-18-14(16-13)17-7-6-11-4-2-3-5-12(11)9-17/h10-12,15H,2-9H2,1H3. The van der Waals surface area contributed by atoms with E-state index in [-0.39, 0.29) is 0 Å². The fraction of sp³-hybridized carbons (Fsp3) is 0.786. The van der Waals surface area contributed by atoms with Gasteiger partial charge in [0.15, 0.2) is 5.13 Å². The molecule has 1 aromatic heterocycles. The first-order chi connectivity index (χ1) is 8.86. The minimum absolute atomic E-state index is 0.885. The number of fused-ring (bicyclic) bond motifs is 1. The van der Waals surface area contributed by atoms with Crippen molar-refractivity contribution in [2.75, 3.05) is 25.0 Å². The van der Waals surface area contributed by atoms with Crippen LogP contribution >= 0.6 is 11.3 Å². The Labute approximate surface area is 114 Å². The van der Waals surface area contributed by atoms with Gasteiger partial charge in [-0.3, -0.25) is 0 Å². The number of piperidine rings is 1. The summed E-state index contributed by atoms with van der Waals surface area (Å²) in [4.78, 5) is 7.27. The molecular formula is C14H23N3S. The Kier molecular flexibility index (Phi) is 3.85. The molecule has 2 aliphatic rings. The molecule has 100 valence electrons. The van der Waals surface area contributed by atoms with E-state index < -0.39 is 0 Å². The SMILES string of the molecule is CNCc1csc(N2CCC3CCCCC3C2)n1. The predicted molar refractivity (Wildman–Crippen MR) is 77.2 cm³/mol. The molecule has 1 N–H and O–H groups in total. The number of nitrogens with zero attached hydrogens (tertiary/aromatic N) is 2. The smallest absolute Gasteiger partial charge is 0.185 e. The van der Waals surface area contributed by atoms with Crippen molar-refractivity contribution >= 4 is 16.5 Å². The van der Waals surface area contributed by atoms with E-state index in [1.807, 2.05) is 18.4 Å². The van der Waals surface area contributed by atoms with Crippen LogP contribution in [0.3, 0.4) is 0 Å². The van der Waals surface area contributed by atoms with Gasteiger partial charge < -0.3 is 10.2 Å². The third kappa shape index (κ3) is 2.54. The van der Waals surface area contributed by atoms with Gasteiger partial charge in [-0.15, -0.1) is 11.3 Å². The average molecular weight is 265 g/mol. The fourth-order valence-corrected chi connectivity index (χ4v) is 4.34. The summed E-state index contributed by atoms with van der Waals surface area (Å²) in [6.07, 6.45) is 7.20. The number of aromatic nitrogens is 1. The molecule has 2 fully saturated rings. The van der Waals surface area contributed by atoms with Gasteiger partial charge in [0.05, 0.1) is 5.69 Å². The minimum Gasteiger partial charge on any atom is -0.348 e. The Balaban J connectivity index is 1.65. The molecule has 0 bridgehead atoms. The molecular weight excluding hydrogens is 242 g/mol. The molecule has 2 atom stereocenters. The zero-order valence-electron chi connectivity index (χ0n) is 11.2. The number of thiazole rings is 1. The molecule has 1 saturated heterocycles. The second kappa shape index (κ2) is 5.57.